The summed E-state index contributed by atoms with van der Waals surface area (Å²) in [4.78, 5) is 24.8. The molecule has 2 aromatic heterocycles. The largest absolute Gasteiger partial charge is 0.422 e. The maximum absolute atomic E-state index is 12.1. The molecule has 0 N–H and O–H groups in total. The standard InChI is InChI=1S/C16H22N4O3/c1-3-22-11-14(21)19-7-4-8-20(10-9-19)16-18-15-13(23-16)6-5-12(2)17-15/h5-6H,3-4,7-11H2,1-2H3. The number of aromatic nitrogens is 2. The molecular weight excluding hydrogens is 296 g/mol. The number of pyridine rings is 1. The molecule has 0 bridgehead atoms. The van der Waals surface area contributed by atoms with Gasteiger partial charge in [-0.3, -0.25) is 4.79 Å². The molecule has 3 rings (SSSR count). The molecule has 7 heteroatoms. The van der Waals surface area contributed by atoms with Gasteiger partial charge in [0.1, 0.15) is 6.61 Å². The van der Waals surface area contributed by atoms with Gasteiger partial charge < -0.3 is 19.0 Å². The van der Waals surface area contributed by atoms with Crippen LogP contribution in [0.5, 0.6) is 0 Å². The number of amides is 1. The molecule has 0 atom stereocenters. The van der Waals surface area contributed by atoms with E-state index < -0.39 is 0 Å². The summed E-state index contributed by atoms with van der Waals surface area (Å²) < 4.78 is 11.0. The lowest BCUT2D eigenvalue weighted by Gasteiger charge is -2.21. The normalized spacial score (nSPS) is 15.9. The minimum atomic E-state index is 0.0450. The molecule has 1 aliphatic rings. The highest BCUT2D eigenvalue weighted by Crippen LogP contribution is 2.22. The summed E-state index contributed by atoms with van der Waals surface area (Å²) in [6, 6.07) is 4.38. The van der Waals surface area contributed by atoms with Gasteiger partial charge >= 0.3 is 0 Å². The summed E-state index contributed by atoms with van der Waals surface area (Å²) in [7, 11) is 0. The van der Waals surface area contributed by atoms with Gasteiger partial charge in [-0.15, -0.1) is 0 Å². The SMILES string of the molecule is CCOCC(=O)N1CCCN(c2nc3nc(C)ccc3o2)CC1. The van der Waals surface area contributed by atoms with E-state index in [1.165, 1.54) is 0 Å². The van der Waals surface area contributed by atoms with Gasteiger partial charge in [0.05, 0.1) is 0 Å². The minimum Gasteiger partial charge on any atom is -0.422 e. The van der Waals surface area contributed by atoms with Crippen LogP contribution in [-0.4, -0.2) is 60.2 Å². The number of nitrogens with zero attached hydrogens (tertiary/aromatic N) is 4. The predicted octanol–water partition coefficient (Wildman–Crippen LogP) is 1.61. The second-order valence-electron chi connectivity index (χ2n) is 5.63. The van der Waals surface area contributed by atoms with E-state index in [4.69, 9.17) is 9.15 Å². The first kappa shape index (κ1) is 15.7. The molecule has 0 unspecified atom stereocenters. The zero-order valence-electron chi connectivity index (χ0n) is 13.6. The van der Waals surface area contributed by atoms with Gasteiger partial charge in [-0.1, -0.05) is 0 Å². The van der Waals surface area contributed by atoms with E-state index in [0.29, 0.717) is 36.9 Å². The third-order valence-corrected chi connectivity index (χ3v) is 3.93. The molecule has 0 saturated carbocycles. The number of anilines is 1. The van der Waals surface area contributed by atoms with Crippen molar-refractivity contribution in [3.8, 4) is 0 Å². The van der Waals surface area contributed by atoms with Crippen LogP contribution in [0.15, 0.2) is 16.5 Å². The Kier molecular flexibility index (Phi) is 4.76. The lowest BCUT2D eigenvalue weighted by atomic mass is 10.4. The summed E-state index contributed by atoms with van der Waals surface area (Å²) in [5, 5.41) is 0. The summed E-state index contributed by atoms with van der Waals surface area (Å²) in [6.45, 7) is 7.43. The molecule has 23 heavy (non-hydrogen) atoms. The highest BCUT2D eigenvalue weighted by molar-refractivity contribution is 5.77. The number of oxazole rings is 1. The Morgan fingerprint density at radius 2 is 2.13 bits per heavy atom. The molecule has 1 fully saturated rings. The van der Waals surface area contributed by atoms with Crippen molar-refractivity contribution in [2.24, 2.45) is 0 Å². The number of hydrogen-bond donors (Lipinski definition) is 0. The Morgan fingerprint density at radius 3 is 2.96 bits per heavy atom. The van der Waals surface area contributed by atoms with Crippen LogP contribution in [0.3, 0.4) is 0 Å². The second-order valence-corrected chi connectivity index (χ2v) is 5.63. The Morgan fingerprint density at radius 1 is 1.26 bits per heavy atom. The maximum atomic E-state index is 12.1. The van der Waals surface area contributed by atoms with Crippen molar-refractivity contribution in [1.29, 1.82) is 0 Å². The van der Waals surface area contributed by atoms with Crippen molar-refractivity contribution in [2.75, 3.05) is 44.3 Å². The van der Waals surface area contributed by atoms with E-state index in [1.54, 1.807) is 0 Å². The molecular formula is C16H22N4O3. The van der Waals surface area contributed by atoms with Gasteiger partial charge in [0.25, 0.3) is 6.01 Å². The van der Waals surface area contributed by atoms with Gasteiger partial charge in [-0.05, 0) is 32.4 Å². The van der Waals surface area contributed by atoms with Crippen molar-refractivity contribution in [3.63, 3.8) is 0 Å². The zero-order valence-corrected chi connectivity index (χ0v) is 13.6. The van der Waals surface area contributed by atoms with Crippen LogP contribution in [0.1, 0.15) is 19.0 Å². The van der Waals surface area contributed by atoms with Crippen molar-refractivity contribution in [3.05, 3.63) is 17.8 Å². The molecule has 7 nitrogen and oxygen atoms in total. The average Bonchev–Trinajstić information content (AvgIpc) is 2.80. The van der Waals surface area contributed by atoms with Gasteiger partial charge in [0, 0.05) is 38.5 Å². The predicted molar refractivity (Wildman–Crippen MR) is 86.4 cm³/mol. The molecule has 0 aliphatic carbocycles. The van der Waals surface area contributed by atoms with E-state index in [1.807, 2.05) is 30.9 Å². The smallest absolute Gasteiger partial charge is 0.300 e. The van der Waals surface area contributed by atoms with Crippen LogP contribution in [-0.2, 0) is 9.53 Å². The number of carbonyl (C=O) groups excluding carboxylic acids is 1. The fourth-order valence-corrected chi connectivity index (χ4v) is 2.68. The first-order chi connectivity index (χ1) is 11.2. The number of carbonyl (C=O) groups is 1. The van der Waals surface area contributed by atoms with Crippen molar-refractivity contribution in [1.82, 2.24) is 14.9 Å². The molecule has 124 valence electrons. The summed E-state index contributed by atoms with van der Waals surface area (Å²) in [5.41, 5.74) is 2.24. The number of hydrogen-bond acceptors (Lipinski definition) is 6. The fourth-order valence-electron chi connectivity index (χ4n) is 2.68. The van der Waals surface area contributed by atoms with Crippen LogP contribution < -0.4 is 4.90 Å². The number of ether oxygens (including phenoxy) is 1. The number of rotatable bonds is 4. The highest BCUT2D eigenvalue weighted by atomic mass is 16.5. The van der Waals surface area contributed by atoms with Gasteiger partial charge in [0.2, 0.25) is 11.6 Å². The molecule has 1 amide bonds. The van der Waals surface area contributed by atoms with E-state index in [9.17, 15) is 4.79 Å². The van der Waals surface area contributed by atoms with Crippen LogP contribution in [0.2, 0.25) is 0 Å². The van der Waals surface area contributed by atoms with Crippen molar-refractivity contribution >= 4 is 23.2 Å². The van der Waals surface area contributed by atoms with E-state index in [-0.39, 0.29) is 12.5 Å². The summed E-state index contributed by atoms with van der Waals surface area (Å²) >= 11 is 0. The van der Waals surface area contributed by atoms with Crippen molar-refractivity contribution < 1.29 is 13.9 Å². The second kappa shape index (κ2) is 6.95. The fraction of sp³-hybridized carbons (Fsp3) is 0.562. The van der Waals surface area contributed by atoms with E-state index in [0.717, 1.165) is 25.2 Å². The van der Waals surface area contributed by atoms with E-state index >= 15 is 0 Å². The summed E-state index contributed by atoms with van der Waals surface area (Å²) in [6.07, 6.45) is 0.878. The average molecular weight is 318 g/mol. The van der Waals surface area contributed by atoms with Crippen LogP contribution in [0.25, 0.3) is 11.2 Å². The lowest BCUT2D eigenvalue weighted by Crippen LogP contribution is -2.37. The molecule has 0 radical (unpaired) electrons. The molecule has 0 spiro atoms. The maximum Gasteiger partial charge on any atom is 0.300 e. The Balaban J connectivity index is 1.68. The third-order valence-electron chi connectivity index (χ3n) is 3.93. The monoisotopic (exact) mass is 318 g/mol. The third kappa shape index (κ3) is 3.61. The van der Waals surface area contributed by atoms with E-state index in [2.05, 4.69) is 14.9 Å². The summed E-state index contributed by atoms with van der Waals surface area (Å²) in [5.74, 6) is 0.0450. The lowest BCUT2D eigenvalue weighted by molar-refractivity contribution is -0.135. The van der Waals surface area contributed by atoms with Gasteiger partial charge in [-0.2, -0.15) is 4.98 Å². The molecule has 1 aliphatic heterocycles. The quantitative estimate of drug-likeness (QED) is 0.853. The molecule has 0 aromatic carbocycles. The Bertz CT molecular complexity index is 685. The first-order valence-corrected chi connectivity index (χ1v) is 8.02. The van der Waals surface area contributed by atoms with Crippen LogP contribution in [0, 0.1) is 6.92 Å². The first-order valence-electron chi connectivity index (χ1n) is 8.02. The molecule has 1 saturated heterocycles. The van der Waals surface area contributed by atoms with Crippen molar-refractivity contribution in [2.45, 2.75) is 20.3 Å². The Hall–Kier alpha value is -2.15. The van der Waals surface area contributed by atoms with Gasteiger partial charge in [0.15, 0.2) is 5.58 Å². The number of fused-ring (bicyclic) bond motifs is 1. The minimum absolute atomic E-state index is 0.0450. The van der Waals surface area contributed by atoms with Gasteiger partial charge in [-0.25, -0.2) is 4.98 Å². The molecule has 2 aromatic rings. The Labute approximate surface area is 135 Å². The highest BCUT2D eigenvalue weighted by Gasteiger charge is 2.22. The topological polar surface area (TPSA) is 71.7 Å². The number of aryl methyl sites for hydroxylation is 1. The van der Waals surface area contributed by atoms with Crippen LogP contribution in [0.4, 0.5) is 6.01 Å². The van der Waals surface area contributed by atoms with Crippen LogP contribution >= 0.6 is 0 Å². The molecule has 3 heterocycles. The zero-order chi connectivity index (χ0) is 16.2.